The van der Waals surface area contributed by atoms with Crippen LogP contribution in [0.2, 0.25) is 0 Å². The number of hydrogen-bond acceptors (Lipinski definition) is 3. The van der Waals surface area contributed by atoms with Gasteiger partial charge < -0.3 is 4.74 Å². The molecule has 0 aliphatic rings. The SMILES string of the molecule is COC(=O)C/N=C\c1ccccc1. The van der Waals surface area contributed by atoms with Crippen molar-refractivity contribution in [2.24, 2.45) is 4.99 Å². The van der Waals surface area contributed by atoms with Crippen LogP contribution < -0.4 is 0 Å². The van der Waals surface area contributed by atoms with Crippen molar-refractivity contribution < 1.29 is 9.53 Å². The molecule has 3 nitrogen and oxygen atoms in total. The first-order valence-corrected chi connectivity index (χ1v) is 3.94. The van der Waals surface area contributed by atoms with Crippen molar-refractivity contribution in [3.8, 4) is 0 Å². The molecule has 0 heterocycles. The Morgan fingerprint density at radius 2 is 2.15 bits per heavy atom. The number of methoxy groups -OCH3 is 1. The maximum atomic E-state index is 10.7. The van der Waals surface area contributed by atoms with Crippen molar-refractivity contribution in [3.63, 3.8) is 0 Å². The zero-order valence-corrected chi connectivity index (χ0v) is 7.43. The minimum absolute atomic E-state index is 0.0748. The summed E-state index contributed by atoms with van der Waals surface area (Å²) in [6, 6.07) is 9.60. The van der Waals surface area contributed by atoms with Crippen LogP contribution in [0.3, 0.4) is 0 Å². The lowest BCUT2D eigenvalue weighted by Gasteiger charge is -1.92. The van der Waals surface area contributed by atoms with E-state index in [9.17, 15) is 4.79 Å². The largest absolute Gasteiger partial charge is 0.468 e. The fourth-order valence-corrected chi connectivity index (χ4v) is 0.829. The van der Waals surface area contributed by atoms with Crippen LogP contribution in [-0.4, -0.2) is 25.8 Å². The number of benzene rings is 1. The van der Waals surface area contributed by atoms with Gasteiger partial charge in [-0.25, -0.2) is 0 Å². The number of carbonyl (C=O) groups excluding carboxylic acids is 1. The van der Waals surface area contributed by atoms with Gasteiger partial charge in [0.05, 0.1) is 7.11 Å². The first-order chi connectivity index (χ1) is 6.33. The minimum Gasteiger partial charge on any atom is -0.468 e. The molecular formula is C10H11NO2. The fourth-order valence-electron chi connectivity index (χ4n) is 0.829. The van der Waals surface area contributed by atoms with Crippen molar-refractivity contribution in [1.29, 1.82) is 0 Å². The molecule has 13 heavy (non-hydrogen) atoms. The smallest absolute Gasteiger partial charge is 0.327 e. The molecule has 0 aromatic heterocycles. The Morgan fingerprint density at radius 3 is 2.77 bits per heavy atom. The highest BCUT2D eigenvalue weighted by Crippen LogP contribution is 1.93. The first-order valence-electron chi connectivity index (χ1n) is 3.94. The van der Waals surface area contributed by atoms with Crippen LogP contribution in [0.5, 0.6) is 0 Å². The number of carbonyl (C=O) groups is 1. The molecular weight excluding hydrogens is 166 g/mol. The zero-order chi connectivity index (χ0) is 9.52. The monoisotopic (exact) mass is 177 g/mol. The van der Waals surface area contributed by atoms with E-state index in [4.69, 9.17) is 0 Å². The summed E-state index contributed by atoms with van der Waals surface area (Å²) in [6.45, 7) is 0.0748. The normalized spacial score (nSPS) is 10.2. The van der Waals surface area contributed by atoms with Gasteiger partial charge in [0.1, 0.15) is 6.54 Å². The molecule has 0 N–H and O–H groups in total. The van der Waals surface area contributed by atoms with E-state index in [1.54, 1.807) is 6.21 Å². The van der Waals surface area contributed by atoms with Gasteiger partial charge >= 0.3 is 5.97 Å². The Morgan fingerprint density at radius 1 is 1.46 bits per heavy atom. The van der Waals surface area contributed by atoms with Crippen LogP contribution in [-0.2, 0) is 9.53 Å². The molecule has 0 aliphatic carbocycles. The van der Waals surface area contributed by atoms with Crippen LogP contribution in [0.1, 0.15) is 5.56 Å². The van der Waals surface area contributed by atoms with E-state index in [1.807, 2.05) is 30.3 Å². The number of ether oxygens (including phenoxy) is 1. The third-order valence-electron chi connectivity index (χ3n) is 1.49. The van der Waals surface area contributed by atoms with Gasteiger partial charge in [0.2, 0.25) is 0 Å². The molecule has 0 aliphatic heterocycles. The standard InChI is InChI=1S/C10H11NO2/c1-13-10(12)8-11-7-9-5-3-2-4-6-9/h2-7H,8H2,1H3/b11-7-. The van der Waals surface area contributed by atoms with Crippen LogP contribution in [0.4, 0.5) is 0 Å². The van der Waals surface area contributed by atoms with Gasteiger partial charge in [-0.15, -0.1) is 0 Å². The van der Waals surface area contributed by atoms with Crippen molar-refractivity contribution in [2.45, 2.75) is 0 Å². The summed E-state index contributed by atoms with van der Waals surface area (Å²) >= 11 is 0. The zero-order valence-electron chi connectivity index (χ0n) is 7.43. The third kappa shape index (κ3) is 3.51. The number of hydrogen-bond donors (Lipinski definition) is 0. The predicted molar refractivity (Wildman–Crippen MR) is 50.9 cm³/mol. The Balaban J connectivity index is 2.45. The van der Waals surface area contributed by atoms with Gasteiger partial charge in [0, 0.05) is 6.21 Å². The van der Waals surface area contributed by atoms with Crippen molar-refractivity contribution in [3.05, 3.63) is 35.9 Å². The van der Waals surface area contributed by atoms with Gasteiger partial charge in [0.15, 0.2) is 0 Å². The van der Waals surface area contributed by atoms with Gasteiger partial charge in [-0.1, -0.05) is 30.3 Å². The van der Waals surface area contributed by atoms with E-state index in [1.165, 1.54) is 7.11 Å². The summed E-state index contributed by atoms with van der Waals surface area (Å²) < 4.78 is 4.44. The molecule has 1 rings (SSSR count). The number of esters is 1. The van der Waals surface area contributed by atoms with Crippen LogP contribution in [0, 0.1) is 0 Å². The van der Waals surface area contributed by atoms with Crippen molar-refractivity contribution in [2.75, 3.05) is 13.7 Å². The highest BCUT2D eigenvalue weighted by molar-refractivity contribution is 5.82. The fraction of sp³-hybridized carbons (Fsp3) is 0.200. The summed E-state index contributed by atoms with van der Waals surface area (Å²) in [4.78, 5) is 14.6. The molecule has 0 bridgehead atoms. The number of aliphatic imine (C=N–C) groups is 1. The summed E-state index contributed by atoms with van der Waals surface area (Å²) in [5.74, 6) is -0.327. The first kappa shape index (κ1) is 9.45. The van der Waals surface area contributed by atoms with Crippen molar-refractivity contribution >= 4 is 12.2 Å². The number of rotatable bonds is 3. The van der Waals surface area contributed by atoms with E-state index in [-0.39, 0.29) is 12.5 Å². The summed E-state index contributed by atoms with van der Waals surface area (Å²) in [5.41, 5.74) is 0.978. The highest BCUT2D eigenvalue weighted by Gasteiger charge is 1.94. The average molecular weight is 177 g/mol. The highest BCUT2D eigenvalue weighted by atomic mass is 16.5. The predicted octanol–water partition coefficient (Wildman–Crippen LogP) is 1.28. The second-order valence-corrected chi connectivity index (χ2v) is 2.46. The Bertz CT molecular complexity index is 293. The van der Waals surface area contributed by atoms with E-state index >= 15 is 0 Å². The maximum absolute atomic E-state index is 10.7. The number of nitrogens with zero attached hydrogens (tertiary/aromatic N) is 1. The Labute approximate surface area is 77.1 Å². The molecule has 0 fully saturated rings. The van der Waals surface area contributed by atoms with Crippen molar-refractivity contribution in [1.82, 2.24) is 0 Å². The van der Waals surface area contributed by atoms with Gasteiger partial charge in [-0.3, -0.25) is 9.79 Å². The maximum Gasteiger partial charge on any atom is 0.327 e. The van der Waals surface area contributed by atoms with Gasteiger partial charge in [-0.05, 0) is 5.56 Å². The average Bonchev–Trinajstić information content (AvgIpc) is 2.19. The lowest BCUT2D eigenvalue weighted by Crippen LogP contribution is -2.04. The molecule has 3 heteroatoms. The molecule has 1 aromatic rings. The summed E-state index contributed by atoms with van der Waals surface area (Å²) in [5, 5.41) is 0. The van der Waals surface area contributed by atoms with E-state index in [2.05, 4.69) is 9.73 Å². The Hall–Kier alpha value is -1.64. The van der Waals surface area contributed by atoms with Crippen LogP contribution in [0.25, 0.3) is 0 Å². The quantitative estimate of drug-likeness (QED) is 0.515. The second-order valence-electron chi connectivity index (χ2n) is 2.46. The molecule has 0 saturated heterocycles. The van der Waals surface area contributed by atoms with Crippen LogP contribution in [0.15, 0.2) is 35.3 Å². The molecule has 1 aromatic carbocycles. The van der Waals surface area contributed by atoms with E-state index in [0.29, 0.717) is 0 Å². The van der Waals surface area contributed by atoms with E-state index in [0.717, 1.165) is 5.56 Å². The molecule has 0 spiro atoms. The molecule has 68 valence electrons. The van der Waals surface area contributed by atoms with Gasteiger partial charge in [-0.2, -0.15) is 0 Å². The molecule has 0 atom stereocenters. The molecule has 0 amide bonds. The van der Waals surface area contributed by atoms with E-state index < -0.39 is 0 Å². The molecule has 0 unspecified atom stereocenters. The van der Waals surface area contributed by atoms with Gasteiger partial charge in [0.25, 0.3) is 0 Å². The lowest BCUT2D eigenvalue weighted by molar-refractivity contribution is -0.138. The lowest BCUT2D eigenvalue weighted by atomic mass is 10.2. The third-order valence-corrected chi connectivity index (χ3v) is 1.49. The molecule has 0 radical (unpaired) electrons. The summed E-state index contributed by atoms with van der Waals surface area (Å²) in [7, 11) is 1.35. The van der Waals surface area contributed by atoms with Crippen LogP contribution >= 0.6 is 0 Å². The second kappa shape index (κ2) is 5.09. The summed E-state index contributed by atoms with van der Waals surface area (Å²) in [6.07, 6.45) is 1.65. The molecule has 0 saturated carbocycles. The Kier molecular flexibility index (Phi) is 3.70. The minimum atomic E-state index is -0.327. The topological polar surface area (TPSA) is 38.7 Å².